The number of methoxy groups -OCH3 is 1. The summed E-state index contributed by atoms with van der Waals surface area (Å²) in [5, 5.41) is 0. The van der Waals surface area contributed by atoms with E-state index in [1.807, 2.05) is 6.07 Å². The zero-order valence-corrected chi connectivity index (χ0v) is 11.3. The molecular weight excluding hydrogens is 264 g/mol. The van der Waals surface area contributed by atoms with Crippen molar-refractivity contribution in [3.63, 3.8) is 0 Å². The number of benzene rings is 1. The quantitative estimate of drug-likeness (QED) is 0.553. The van der Waals surface area contributed by atoms with E-state index in [0.29, 0.717) is 25.4 Å². The minimum Gasteiger partial charge on any atom is -0.457 e. The van der Waals surface area contributed by atoms with E-state index in [4.69, 9.17) is 23.7 Å². The van der Waals surface area contributed by atoms with Crippen molar-refractivity contribution in [2.45, 2.75) is 12.6 Å². The van der Waals surface area contributed by atoms with Crippen LogP contribution in [0.2, 0.25) is 0 Å². The van der Waals surface area contributed by atoms with Crippen LogP contribution in [-0.4, -0.2) is 52.1 Å². The molecule has 110 valence electrons. The molecule has 0 radical (unpaired) electrons. The Kier molecular flexibility index (Phi) is 5.94. The number of carbonyl (C=O) groups is 1. The number of ether oxygens (including phenoxy) is 5. The van der Waals surface area contributed by atoms with Gasteiger partial charge in [-0.3, -0.25) is 0 Å². The average Bonchev–Trinajstić information content (AvgIpc) is 2.94. The van der Waals surface area contributed by atoms with E-state index in [1.165, 1.54) is 0 Å². The first-order valence-corrected chi connectivity index (χ1v) is 6.39. The summed E-state index contributed by atoms with van der Waals surface area (Å²) in [6.07, 6.45) is -1.03. The van der Waals surface area contributed by atoms with Gasteiger partial charge in [-0.25, -0.2) is 4.79 Å². The van der Waals surface area contributed by atoms with Crippen molar-refractivity contribution in [3.05, 3.63) is 35.9 Å². The zero-order chi connectivity index (χ0) is 14.2. The molecule has 0 aromatic heterocycles. The summed E-state index contributed by atoms with van der Waals surface area (Å²) in [6, 6.07) is 8.77. The maximum atomic E-state index is 11.7. The lowest BCUT2D eigenvalue weighted by molar-refractivity contribution is -0.160. The summed E-state index contributed by atoms with van der Waals surface area (Å²) in [5.41, 5.74) is 0.499. The molecule has 0 N–H and O–H groups in total. The number of esters is 1. The van der Waals surface area contributed by atoms with Gasteiger partial charge in [-0.15, -0.1) is 0 Å². The highest BCUT2D eigenvalue weighted by atomic mass is 16.8. The lowest BCUT2D eigenvalue weighted by Gasteiger charge is -2.12. The van der Waals surface area contributed by atoms with E-state index in [1.54, 1.807) is 31.4 Å². The maximum absolute atomic E-state index is 11.7. The summed E-state index contributed by atoms with van der Waals surface area (Å²) in [5.74, 6) is -0.401. The Labute approximate surface area is 117 Å². The third-order valence-corrected chi connectivity index (χ3v) is 2.67. The molecule has 1 heterocycles. The summed E-state index contributed by atoms with van der Waals surface area (Å²) < 4.78 is 26.1. The Morgan fingerprint density at radius 3 is 2.85 bits per heavy atom. The standard InChI is InChI=1S/C14H18O6/c1-16-7-8-17-12-9-18-13(20-12)10-19-14(15)11-5-3-2-4-6-11/h2-6,12-13H,7-10H2,1H3/t12-,13+/m1/s1. The number of rotatable bonds is 7. The largest absolute Gasteiger partial charge is 0.457 e. The molecule has 0 amide bonds. The van der Waals surface area contributed by atoms with Crippen LogP contribution in [0.4, 0.5) is 0 Å². The lowest BCUT2D eigenvalue weighted by atomic mass is 10.2. The first kappa shape index (κ1) is 14.9. The second-order valence-corrected chi connectivity index (χ2v) is 4.16. The molecule has 6 nitrogen and oxygen atoms in total. The topological polar surface area (TPSA) is 63.2 Å². The molecule has 1 aromatic rings. The fourth-order valence-electron chi connectivity index (χ4n) is 1.67. The van der Waals surface area contributed by atoms with Crippen LogP contribution < -0.4 is 0 Å². The van der Waals surface area contributed by atoms with E-state index in [2.05, 4.69) is 0 Å². The molecule has 1 fully saturated rings. The fraction of sp³-hybridized carbons (Fsp3) is 0.500. The van der Waals surface area contributed by atoms with Crippen molar-refractivity contribution in [2.75, 3.05) is 33.5 Å². The minimum atomic E-state index is -0.588. The van der Waals surface area contributed by atoms with Gasteiger partial charge in [-0.2, -0.15) is 0 Å². The normalized spacial score (nSPS) is 21.9. The van der Waals surface area contributed by atoms with Gasteiger partial charge in [0.2, 0.25) is 0 Å². The van der Waals surface area contributed by atoms with Crippen LogP contribution >= 0.6 is 0 Å². The van der Waals surface area contributed by atoms with Gasteiger partial charge >= 0.3 is 5.97 Å². The van der Waals surface area contributed by atoms with E-state index < -0.39 is 18.5 Å². The molecule has 0 unspecified atom stereocenters. The molecule has 0 spiro atoms. The van der Waals surface area contributed by atoms with Crippen LogP contribution in [0.25, 0.3) is 0 Å². The van der Waals surface area contributed by atoms with Gasteiger partial charge in [0.15, 0.2) is 12.6 Å². The lowest BCUT2D eigenvalue weighted by Crippen LogP contribution is -2.22. The first-order valence-electron chi connectivity index (χ1n) is 6.39. The van der Waals surface area contributed by atoms with E-state index >= 15 is 0 Å². The van der Waals surface area contributed by atoms with Crippen LogP contribution in [0.15, 0.2) is 30.3 Å². The Morgan fingerprint density at radius 1 is 1.30 bits per heavy atom. The van der Waals surface area contributed by atoms with E-state index in [-0.39, 0.29) is 6.61 Å². The van der Waals surface area contributed by atoms with Gasteiger partial charge in [-0.05, 0) is 12.1 Å². The van der Waals surface area contributed by atoms with Gasteiger partial charge < -0.3 is 23.7 Å². The minimum absolute atomic E-state index is 0.0395. The molecule has 1 saturated heterocycles. The summed E-state index contributed by atoms with van der Waals surface area (Å²) in [4.78, 5) is 11.7. The predicted molar refractivity (Wildman–Crippen MR) is 69.2 cm³/mol. The molecule has 1 aliphatic heterocycles. The molecule has 1 aliphatic rings. The number of hydrogen-bond acceptors (Lipinski definition) is 6. The molecule has 2 atom stereocenters. The summed E-state index contributed by atoms with van der Waals surface area (Å²) in [6.45, 7) is 1.28. The van der Waals surface area contributed by atoms with Gasteiger partial charge in [-0.1, -0.05) is 18.2 Å². The highest BCUT2D eigenvalue weighted by Crippen LogP contribution is 2.13. The van der Waals surface area contributed by atoms with Gasteiger partial charge in [0.05, 0.1) is 18.8 Å². The van der Waals surface area contributed by atoms with Crippen molar-refractivity contribution in [2.24, 2.45) is 0 Å². The van der Waals surface area contributed by atoms with E-state index in [9.17, 15) is 4.79 Å². The Balaban J connectivity index is 1.67. The number of hydrogen-bond donors (Lipinski definition) is 0. The van der Waals surface area contributed by atoms with Crippen LogP contribution in [0.5, 0.6) is 0 Å². The highest BCUT2D eigenvalue weighted by molar-refractivity contribution is 5.89. The Hall–Kier alpha value is -1.47. The second kappa shape index (κ2) is 7.96. The fourth-order valence-corrected chi connectivity index (χ4v) is 1.67. The van der Waals surface area contributed by atoms with Gasteiger partial charge in [0, 0.05) is 7.11 Å². The SMILES string of the molecule is COCCO[C@H]1CO[C@H](COC(=O)c2ccccc2)O1. The van der Waals surface area contributed by atoms with Crippen LogP contribution in [0, 0.1) is 0 Å². The summed E-state index contributed by atoms with van der Waals surface area (Å²) >= 11 is 0. The van der Waals surface area contributed by atoms with Gasteiger partial charge in [0.1, 0.15) is 13.2 Å². The third-order valence-electron chi connectivity index (χ3n) is 2.67. The molecule has 6 heteroatoms. The predicted octanol–water partition coefficient (Wildman–Crippen LogP) is 1.21. The average molecular weight is 282 g/mol. The molecule has 0 bridgehead atoms. The zero-order valence-electron chi connectivity index (χ0n) is 11.3. The van der Waals surface area contributed by atoms with Gasteiger partial charge in [0.25, 0.3) is 0 Å². The molecule has 0 saturated carbocycles. The smallest absolute Gasteiger partial charge is 0.338 e. The van der Waals surface area contributed by atoms with Crippen LogP contribution in [0.3, 0.4) is 0 Å². The van der Waals surface area contributed by atoms with Crippen molar-refractivity contribution in [3.8, 4) is 0 Å². The molecule has 2 rings (SSSR count). The summed E-state index contributed by atoms with van der Waals surface area (Å²) in [7, 11) is 1.60. The monoisotopic (exact) mass is 282 g/mol. The Morgan fingerprint density at radius 2 is 2.10 bits per heavy atom. The second-order valence-electron chi connectivity index (χ2n) is 4.16. The highest BCUT2D eigenvalue weighted by Gasteiger charge is 2.27. The van der Waals surface area contributed by atoms with Crippen molar-refractivity contribution < 1.29 is 28.5 Å². The van der Waals surface area contributed by atoms with E-state index in [0.717, 1.165) is 0 Å². The van der Waals surface area contributed by atoms with Crippen LogP contribution in [0.1, 0.15) is 10.4 Å². The maximum Gasteiger partial charge on any atom is 0.338 e. The third kappa shape index (κ3) is 4.57. The molecule has 0 aliphatic carbocycles. The van der Waals surface area contributed by atoms with Crippen molar-refractivity contribution in [1.82, 2.24) is 0 Å². The van der Waals surface area contributed by atoms with Crippen LogP contribution in [-0.2, 0) is 23.7 Å². The molecule has 20 heavy (non-hydrogen) atoms. The van der Waals surface area contributed by atoms with Crippen molar-refractivity contribution >= 4 is 5.97 Å². The number of carbonyl (C=O) groups excluding carboxylic acids is 1. The van der Waals surface area contributed by atoms with Crippen molar-refractivity contribution in [1.29, 1.82) is 0 Å². The Bertz CT molecular complexity index is 407. The first-order chi connectivity index (χ1) is 9.79. The molecule has 1 aromatic carbocycles. The molecular formula is C14H18O6.